The van der Waals surface area contributed by atoms with Gasteiger partial charge in [0, 0.05) is 126 Å². The Bertz CT molecular complexity index is 2590. The zero-order chi connectivity index (χ0) is 45.8. The number of rotatable bonds is 11. The van der Waals surface area contributed by atoms with Gasteiger partial charge in [0.2, 0.25) is 17.7 Å². The molecule has 6 aliphatic heterocycles. The van der Waals surface area contributed by atoms with Crippen molar-refractivity contribution in [3.05, 3.63) is 76.2 Å². The monoisotopic (exact) mass is 907 g/mol. The van der Waals surface area contributed by atoms with E-state index < -0.39 is 36.1 Å². The number of hydrogen-bond donors (Lipinski definition) is 2. The molecule has 2 N–H and O–H groups in total. The number of hydrogen-bond acceptors (Lipinski definition) is 12. The lowest BCUT2D eigenvalue weighted by atomic mass is 9.92. The number of halogens is 2. The van der Waals surface area contributed by atoms with E-state index in [2.05, 4.69) is 35.1 Å². The van der Waals surface area contributed by atoms with Crippen molar-refractivity contribution < 1.29 is 37.5 Å². The van der Waals surface area contributed by atoms with Crippen LogP contribution in [0.3, 0.4) is 0 Å². The molecule has 19 heteroatoms. The molecule has 8 heterocycles. The minimum absolute atomic E-state index is 0.00396. The molecule has 6 aliphatic rings. The number of piperidine rings is 2. The molecule has 5 amide bonds. The topological polar surface area (TPSA) is 170 Å². The van der Waals surface area contributed by atoms with Crippen molar-refractivity contribution in [1.29, 1.82) is 0 Å². The summed E-state index contributed by atoms with van der Waals surface area (Å²) in [4.78, 5) is 73.7. The van der Waals surface area contributed by atoms with Gasteiger partial charge in [-0.25, -0.2) is 8.78 Å². The van der Waals surface area contributed by atoms with Crippen LogP contribution in [0.5, 0.6) is 0 Å². The quantitative estimate of drug-likeness (QED) is 0.208. The van der Waals surface area contributed by atoms with Crippen LogP contribution in [0.2, 0.25) is 0 Å². The average molecular weight is 908 g/mol. The number of imide groups is 2. The van der Waals surface area contributed by atoms with Crippen molar-refractivity contribution in [1.82, 2.24) is 44.5 Å². The molecule has 2 atom stereocenters. The number of anilines is 3. The number of ether oxygens (including phenoxy) is 1. The van der Waals surface area contributed by atoms with E-state index in [9.17, 15) is 32.8 Å². The van der Waals surface area contributed by atoms with Crippen molar-refractivity contribution in [2.45, 2.75) is 83.0 Å². The van der Waals surface area contributed by atoms with E-state index in [4.69, 9.17) is 9.84 Å². The molecular weight excluding hydrogens is 853 g/mol. The molecule has 3 saturated heterocycles. The fourth-order valence-corrected chi connectivity index (χ4v) is 10.7. The molecule has 2 aromatic heterocycles. The van der Waals surface area contributed by atoms with Crippen LogP contribution in [0, 0.1) is 0 Å². The maximum Gasteiger partial charge on any atom is 0.264 e. The third-order valence-electron chi connectivity index (χ3n) is 14.2. The lowest BCUT2D eigenvalue weighted by Gasteiger charge is -2.37. The van der Waals surface area contributed by atoms with Crippen LogP contribution in [0.15, 0.2) is 42.7 Å². The molecule has 17 nitrogen and oxygen atoms in total. The van der Waals surface area contributed by atoms with Crippen molar-refractivity contribution in [3.63, 3.8) is 0 Å². The first-order valence-electron chi connectivity index (χ1n) is 23.1. The normalized spacial score (nSPS) is 21.9. The van der Waals surface area contributed by atoms with Crippen LogP contribution < -0.4 is 15.5 Å². The second-order valence-corrected chi connectivity index (χ2v) is 18.3. The predicted molar refractivity (Wildman–Crippen MR) is 238 cm³/mol. The highest BCUT2D eigenvalue weighted by atomic mass is 19.3. The van der Waals surface area contributed by atoms with Gasteiger partial charge in [0.15, 0.2) is 5.82 Å². The van der Waals surface area contributed by atoms with Crippen molar-refractivity contribution in [3.8, 4) is 11.1 Å². The molecule has 348 valence electrons. The second kappa shape index (κ2) is 18.0. The van der Waals surface area contributed by atoms with Gasteiger partial charge in [0.25, 0.3) is 18.2 Å². The molecule has 0 aliphatic carbocycles. The number of nitrogens with one attached hydrogen (secondary N) is 2. The SMILES string of the molecule is CC(=O)N1CCc2c(c(N3CCCc4cc(-c5cnn(C)c5)c(C(F)F)cc43)nn2C2CCN(CCN3CCOC(CNc4cccc5c4C(=O)N(C4CCC(=O)NC4=O)C5=O)C3)CC2)C1. The van der Waals surface area contributed by atoms with Gasteiger partial charge in [-0.15, -0.1) is 0 Å². The van der Waals surface area contributed by atoms with Crippen LogP contribution in [-0.2, 0) is 45.6 Å². The lowest BCUT2D eigenvalue weighted by Crippen LogP contribution is -2.54. The van der Waals surface area contributed by atoms with E-state index >= 15 is 0 Å². The van der Waals surface area contributed by atoms with E-state index in [0.717, 1.165) is 91.6 Å². The Hall–Kier alpha value is -6.05. The Morgan fingerprint density at radius 3 is 2.53 bits per heavy atom. The summed E-state index contributed by atoms with van der Waals surface area (Å²) in [7, 11) is 1.78. The summed E-state index contributed by atoms with van der Waals surface area (Å²) in [6.45, 7) is 9.28. The number of aromatic nitrogens is 4. The number of amides is 5. The highest BCUT2D eigenvalue weighted by Gasteiger charge is 2.46. The zero-order valence-electron chi connectivity index (χ0n) is 37.3. The lowest BCUT2D eigenvalue weighted by molar-refractivity contribution is -0.136. The van der Waals surface area contributed by atoms with Crippen LogP contribution in [0.1, 0.15) is 94.6 Å². The predicted octanol–water partition coefficient (Wildman–Crippen LogP) is 4.06. The maximum absolute atomic E-state index is 14.7. The van der Waals surface area contributed by atoms with Gasteiger partial charge in [-0.05, 0) is 67.5 Å². The molecule has 10 rings (SSSR count). The molecule has 0 radical (unpaired) electrons. The Labute approximate surface area is 381 Å². The van der Waals surface area contributed by atoms with Gasteiger partial charge in [0.1, 0.15) is 6.04 Å². The van der Waals surface area contributed by atoms with E-state index in [-0.39, 0.29) is 47.6 Å². The number of aryl methyl sites for hydroxylation is 2. The van der Waals surface area contributed by atoms with Gasteiger partial charge in [0.05, 0.1) is 42.6 Å². The maximum atomic E-state index is 14.7. The molecule has 2 aromatic carbocycles. The smallest absolute Gasteiger partial charge is 0.264 e. The number of fused-ring (bicyclic) bond motifs is 3. The first-order chi connectivity index (χ1) is 31.9. The third kappa shape index (κ3) is 8.25. The average Bonchev–Trinajstić information content (AvgIpc) is 4.00. The van der Waals surface area contributed by atoms with Gasteiger partial charge in [-0.2, -0.15) is 10.2 Å². The molecule has 0 spiro atoms. The standard InChI is InChI=1S/C47H55F2N11O6/c1-28(61)57-16-12-38-36(27-57)44(58-13-4-5-29-21-34(30-23-51-54(2)25-30)35(43(48)49)22-40(29)58)53-60(38)31-10-14-55(15-11-31)17-18-56-19-20-66-32(26-56)24-50-37-7-3-6-33-42(37)47(65)59(46(33)64)39-8-9-41(62)52-45(39)63/h3,6-7,21-23,25,31-32,39,43,50H,4-5,8-20,24,26-27H2,1-2H3,(H,52,62,63). The van der Waals surface area contributed by atoms with Gasteiger partial charge in [-0.3, -0.25) is 48.5 Å². The van der Waals surface area contributed by atoms with E-state index in [1.165, 1.54) is 0 Å². The number of carbonyl (C=O) groups is 5. The second-order valence-electron chi connectivity index (χ2n) is 18.3. The molecule has 66 heavy (non-hydrogen) atoms. The minimum Gasteiger partial charge on any atom is -0.382 e. The minimum atomic E-state index is -2.67. The summed E-state index contributed by atoms with van der Waals surface area (Å²) in [6, 6.07) is 7.72. The summed E-state index contributed by atoms with van der Waals surface area (Å²) < 4.78 is 39.4. The fraction of sp³-hybridized carbons (Fsp3) is 0.511. The Morgan fingerprint density at radius 1 is 0.955 bits per heavy atom. The van der Waals surface area contributed by atoms with E-state index in [0.29, 0.717) is 62.6 Å². The Kier molecular flexibility index (Phi) is 11.9. The summed E-state index contributed by atoms with van der Waals surface area (Å²) >= 11 is 0. The van der Waals surface area contributed by atoms with Crippen molar-refractivity contribution in [2.75, 3.05) is 75.7 Å². The van der Waals surface area contributed by atoms with E-state index in [1.54, 1.807) is 55.3 Å². The molecular formula is C47H55F2N11O6. The molecule has 0 bridgehead atoms. The van der Waals surface area contributed by atoms with Crippen LogP contribution in [0.4, 0.5) is 26.0 Å². The highest BCUT2D eigenvalue weighted by molar-refractivity contribution is 6.25. The van der Waals surface area contributed by atoms with Crippen LogP contribution in [0.25, 0.3) is 11.1 Å². The number of alkyl halides is 2. The number of benzene rings is 2. The zero-order valence-corrected chi connectivity index (χ0v) is 37.3. The van der Waals surface area contributed by atoms with Crippen molar-refractivity contribution in [2.24, 2.45) is 7.05 Å². The van der Waals surface area contributed by atoms with Gasteiger partial charge < -0.3 is 24.8 Å². The number of carbonyl (C=O) groups excluding carboxylic acids is 5. The molecule has 3 fully saturated rings. The molecule has 4 aromatic rings. The first-order valence-corrected chi connectivity index (χ1v) is 23.1. The highest BCUT2D eigenvalue weighted by Crippen LogP contribution is 2.44. The summed E-state index contributed by atoms with van der Waals surface area (Å²) in [5.41, 5.74) is 5.97. The van der Waals surface area contributed by atoms with Gasteiger partial charge >= 0.3 is 0 Å². The Balaban J connectivity index is 0.779. The summed E-state index contributed by atoms with van der Waals surface area (Å²) in [6.07, 6.45) is 4.82. The first kappa shape index (κ1) is 43.8. The fourth-order valence-electron chi connectivity index (χ4n) is 10.7. The van der Waals surface area contributed by atoms with Crippen molar-refractivity contribution >= 4 is 46.7 Å². The summed E-state index contributed by atoms with van der Waals surface area (Å²) in [5, 5.41) is 15.2. The third-order valence-corrected chi connectivity index (χ3v) is 14.2. The Morgan fingerprint density at radius 2 is 1.77 bits per heavy atom. The molecule has 0 saturated carbocycles. The van der Waals surface area contributed by atoms with Crippen LogP contribution >= 0.6 is 0 Å². The number of morpholine rings is 1. The van der Waals surface area contributed by atoms with E-state index in [1.807, 2.05) is 11.0 Å². The van der Waals surface area contributed by atoms with Crippen LogP contribution in [-0.4, -0.2) is 146 Å². The number of nitrogens with zero attached hydrogens (tertiary/aromatic N) is 9. The van der Waals surface area contributed by atoms with Gasteiger partial charge in [-0.1, -0.05) is 6.07 Å². The number of likely N-dealkylation sites (tertiary alicyclic amines) is 1. The summed E-state index contributed by atoms with van der Waals surface area (Å²) in [5.74, 6) is -1.39. The molecule has 2 unspecified atom stereocenters. The largest absolute Gasteiger partial charge is 0.382 e.